The zero-order valence-electron chi connectivity index (χ0n) is 14.2. The minimum absolute atomic E-state index is 0.0887. The molecule has 132 valence electrons. The molecule has 1 aliphatic heterocycles. The van der Waals surface area contributed by atoms with Crippen molar-refractivity contribution in [2.75, 3.05) is 19.1 Å². The number of nitrogens with zero attached hydrogens (tertiary/aromatic N) is 2. The number of aromatic nitrogens is 1. The van der Waals surface area contributed by atoms with Crippen LogP contribution in [0.15, 0.2) is 70.9 Å². The Morgan fingerprint density at radius 2 is 1.77 bits per heavy atom. The average molecular weight is 368 g/mol. The largest absolute Gasteiger partial charge is 0.465 e. The second kappa shape index (κ2) is 7.79. The molecular formula is C19H16N2O4S. The molecule has 0 aliphatic carbocycles. The Morgan fingerprint density at radius 3 is 2.38 bits per heavy atom. The zero-order chi connectivity index (χ0) is 18.5. The summed E-state index contributed by atoms with van der Waals surface area (Å²) in [6.45, 7) is 0. The standard InChI is InChI=1S/C19H16N2O4S/c1-24-18(22)15-5-3-4-10-21(17(15)19(23)25-2)14-8-6-13(7-9-14)16-11-26-12-20-16/h3-12H,1-2H3. The molecule has 0 saturated heterocycles. The molecule has 2 aromatic rings. The number of esters is 2. The number of anilines is 1. The van der Waals surface area contributed by atoms with E-state index in [-0.39, 0.29) is 11.3 Å². The van der Waals surface area contributed by atoms with Crippen LogP contribution in [-0.2, 0) is 19.1 Å². The number of benzene rings is 1. The maximum Gasteiger partial charge on any atom is 0.355 e. The van der Waals surface area contributed by atoms with Gasteiger partial charge in [-0.15, -0.1) is 11.3 Å². The predicted octanol–water partition coefficient (Wildman–Crippen LogP) is 3.30. The Kier molecular flexibility index (Phi) is 5.28. The fourth-order valence-corrected chi connectivity index (χ4v) is 3.07. The van der Waals surface area contributed by atoms with Crippen molar-refractivity contribution in [3.63, 3.8) is 0 Å². The number of carbonyl (C=O) groups excluding carboxylic acids is 2. The SMILES string of the molecule is COC(=O)C1=C(C(=O)OC)N(c2ccc(-c3cscn3)cc2)C=CC=C1. The molecule has 0 bridgehead atoms. The van der Waals surface area contributed by atoms with Crippen LogP contribution in [0, 0.1) is 0 Å². The Hall–Kier alpha value is -3.19. The van der Waals surface area contributed by atoms with Crippen molar-refractivity contribution >= 4 is 29.0 Å². The smallest absolute Gasteiger partial charge is 0.355 e. The molecule has 0 saturated carbocycles. The second-order valence-corrected chi connectivity index (χ2v) is 5.96. The van der Waals surface area contributed by atoms with Gasteiger partial charge >= 0.3 is 11.9 Å². The van der Waals surface area contributed by atoms with Crippen molar-refractivity contribution in [1.29, 1.82) is 0 Å². The van der Waals surface area contributed by atoms with Crippen molar-refractivity contribution in [3.8, 4) is 11.3 Å². The number of thiazole rings is 1. The number of ether oxygens (including phenoxy) is 2. The van der Waals surface area contributed by atoms with Crippen LogP contribution in [-0.4, -0.2) is 31.1 Å². The van der Waals surface area contributed by atoms with Crippen LogP contribution >= 0.6 is 11.3 Å². The molecular weight excluding hydrogens is 352 g/mol. The molecule has 0 atom stereocenters. The summed E-state index contributed by atoms with van der Waals surface area (Å²) in [5.74, 6) is -1.25. The van der Waals surface area contributed by atoms with Gasteiger partial charge in [0, 0.05) is 22.8 Å². The lowest BCUT2D eigenvalue weighted by Gasteiger charge is -2.23. The summed E-state index contributed by atoms with van der Waals surface area (Å²) in [6.07, 6.45) is 6.61. The molecule has 26 heavy (non-hydrogen) atoms. The van der Waals surface area contributed by atoms with E-state index in [1.165, 1.54) is 31.6 Å². The monoisotopic (exact) mass is 368 g/mol. The van der Waals surface area contributed by atoms with Crippen LogP contribution in [0.4, 0.5) is 5.69 Å². The van der Waals surface area contributed by atoms with Crippen LogP contribution in [0.1, 0.15) is 0 Å². The van der Waals surface area contributed by atoms with Crippen molar-refractivity contribution in [3.05, 3.63) is 70.9 Å². The molecule has 0 unspecified atom stereocenters. The third-order valence-electron chi connectivity index (χ3n) is 3.76. The van der Waals surface area contributed by atoms with E-state index in [1.807, 2.05) is 29.6 Å². The third-order valence-corrected chi connectivity index (χ3v) is 4.35. The normalized spacial score (nSPS) is 13.5. The summed E-state index contributed by atoms with van der Waals surface area (Å²) in [5, 5.41) is 1.96. The summed E-state index contributed by atoms with van der Waals surface area (Å²) in [4.78, 5) is 30.4. The molecule has 0 radical (unpaired) electrons. The van der Waals surface area contributed by atoms with Crippen LogP contribution < -0.4 is 4.90 Å². The second-order valence-electron chi connectivity index (χ2n) is 5.24. The summed E-state index contributed by atoms with van der Waals surface area (Å²) >= 11 is 1.52. The van der Waals surface area contributed by atoms with Gasteiger partial charge in [0.2, 0.25) is 0 Å². The topological polar surface area (TPSA) is 68.7 Å². The Bertz CT molecular complexity index is 896. The van der Waals surface area contributed by atoms with Gasteiger partial charge in [-0.3, -0.25) is 0 Å². The first-order valence-corrected chi connectivity index (χ1v) is 8.63. The van der Waals surface area contributed by atoms with Crippen molar-refractivity contribution in [1.82, 2.24) is 4.98 Å². The number of allylic oxidation sites excluding steroid dienone is 2. The highest BCUT2D eigenvalue weighted by molar-refractivity contribution is 7.07. The van der Waals surface area contributed by atoms with Crippen LogP contribution in [0.3, 0.4) is 0 Å². The van der Waals surface area contributed by atoms with Crippen molar-refractivity contribution in [2.24, 2.45) is 0 Å². The lowest BCUT2D eigenvalue weighted by atomic mass is 10.1. The van der Waals surface area contributed by atoms with E-state index in [1.54, 1.807) is 28.8 Å². The van der Waals surface area contributed by atoms with Crippen LogP contribution in [0.5, 0.6) is 0 Å². The summed E-state index contributed by atoms with van der Waals surface area (Å²) < 4.78 is 9.69. The molecule has 6 nitrogen and oxygen atoms in total. The highest BCUT2D eigenvalue weighted by atomic mass is 32.1. The summed E-state index contributed by atoms with van der Waals surface area (Å²) in [5.41, 5.74) is 4.52. The summed E-state index contributed by atoms with van der Waals surface area (Å²) in [7, 11) is 2.54. The van der Waals surface area contributed by atoms with E-state index < -0.39 is 11.9 Å². The predicted molar refractivity (Wildman–Crippen MR) is 99.4 cm³/mol. The average Bonchev–Trinajstić information content (AvgIpc) is 3.13. The lowest BCUT2D eigenvalue weighted by Crippen LogP contribution is -2.26. The minimum Gasteiger partial charge on any atom is -0.465 e. The fourth-order valence-electron chi connectivity index (χ4n) is 2.51. The fraction of sp³-hybridized carbons (Fsp3) is 0.105. The first kappa shape index (κ1) is 17.6. The van der Waals surface area contributed by atoms with Gasteiger partial charge < -0.3 is 14.4 Å². The molecule has 2 heterocycles. The number of rotatable bonds is 4. The van der Waals surface area contributed by atoms with E-state index in [0.717, 1.165) is 11.3 Å². The van der Waals surface area contributed by atoms with Gasteiger partial charge in [-0.25, -0.2) is 14.6 Å². The van der Waals surface area contributed by atoms with E-state index >= 15 is 0 Å². The molecule has 3 rings (SSSR count). The number of hydrogen-bond donors (Lipinski definition) is 0. The molecule has 1 aromatic carbocycles. The van der Waals surface area contributed by atoms with E-state index in [0.29, 0.717) is 5.69 Å². The number of hydrogen-bond acceptors (Lipinski definition) is 7. The van der Waals surface area contributed by atoms with Gasteiger partial charge in [-0.1, -0.05) is 18.2 Å². The van der Waals surface area contributed by atoms with E-state index in [2.05, 4.69) is 4.98 Å². The van der Waals surface area contributed by atoms with Crippen molar-refractivity contribution < 1.29 is 19.1 Å². The maximum atomic E-state index is 12.4. The molecule has 0 spiro atoms. The van der Waals surface area contributed by atoms with Crippen molar-refractivity contribution in [2.45, 2.75) is 0 Å². The first-order valence-electron chi connectivity index (χ1n) is 7.69. The first-order chi connectivity index (χ1) is 12.7. The lowest BCUT2D eigenvalue weighted by molar-refractivity contribution is -0.139. The minimum atomic E-state index is -0.634. The van der Waals surface area contributed by atoms with Gasteiger partial charge in [0.1, 0.15) is 5.70 Å². The quantitative estimate of drug-likeness (QED) is 0.772. The summed E-state index contributed by atoms with van der Waals surface area (Å²) in [6, 6.07) is 7.51. The highest BCUT2D eigenvalue weighted by Gasteiger charge is 2.27. The molecule has 0 N–H and O–H groups in total. The van der Waals surface area contributed by atoms with Gasteiger partial charge in [0.25, 0.3) is 0 Å². The highest BCUT2D eigenvalue weighted by Crippen LogP contribution is 2.28. The Morgan fingerprint density at radius 1 is 1.04 bits per heavy atom. The van der Waals surface area contributed by atoms with Gasteiger partial charge in [-0.05, 0) is 24.3 Å². The Labute approximate surface area is 154 Å². The number of methoxy groups -OCH3 is 2. The van der Waals surface area contributed by atoms with E-state index in [4.69, 9.17) is 9.47 Å². The molecule has 1 aromatic heterocycles. The van der Waals surface area contributed by atoms with Gasteiger partial charge in [-0.2, -0.15) is 0 Å². The molecule has 1 aliphatic rings. The Balaban J connectivity index is 2.06. The third kappa shape index (κ3) is 3.43. The van der Waals surface area contributed by atoms with Crippen LogP contribution in [0.25, 0.3) is 11.3 Å². The molecule has 7 heteroatoms. The van der Waals surface area contributed by atoms with Gasteiger partial charge in [0.15, 0.2) is 0 Å². The molecule has 0 fully saturated rings. The van der Waals surface area contributed by atoms with Gasteiger partial charge in [0.05, 0.1) is 31.0 Å². The van der Waals surface area contributed by atoms with E-state index in [9.17, 15) is 9.59 Å². The maximum absolute atomic E-state index is 12.4. The molecule has 0 amide bonds. The zero-order valence-corrected chi connectivity index (χ0v) is 15.0. The number of carbonyl (C=O) groups is 2. The van der Waals surface area contributed by atoms with Crippen LogP contribution in [0.2, 0.25) is 0 Å².